The van der Waals surface area contributed by atoms with Gasteiger partial charge >= 0.3 is 0 Å². The van der Waals surface area contributed by atoms with E-state index in [0.29, 0.717) is 5.56 Å². The van der Waals surface area contributed by atoms with E-state index in [1.54, 1.807) is 23.2 Å². The van der Waals surface area contributed by atoms with E-state index >= 15 is 0 Å². The molecule has 0 bridgehead atoms. The van der Waals surface area contributed by atoms with Crippen LogP contribution in [0.4, 0.5) is 0 Å². The third-order valence-corrected chi connectivity index (χ3v) is 4.35. The molecule has 0 spiro atoms. The second-order valence-corrected chi connectivity index (χ2v) is 6.52. The van der Waals surface area contributed by atoms with Gasteiger partial charge in [0.1, 0.15) is 5.57 Å². The van der Waals surface area contributed by atoms with Gasteiger partial charge in [0.2, 0.25) is 0 Å². The number of hydrogen-bond acceptors (Lipinski definition) is 4. The van der Waals surface area contributed by atoms with Gasteiger partial charge in [-0.2, -0.15) is 5.10 Å². The molecule has 6 nitrogen and oxygen atoms in total. The molecule has 0 aliphatic carbocycles. The summed E-state index contributed by atoms with van der Waals surface area (Å²) in [4.78, 5) is 25.9. The molecule has 1 aromatic heterocycles. The van der Waals surface area contributed by atoms with Gasteiger partial charge < -0.3 is 0 Å². The third-order valence-electron chi connectivity index (χ3n) is 3.50. The van der Waals surface area contributed by atoms with E-state index in [0.717, 1.165) is 10.2 Å². The summed E-state index contributed by atoms with van der Waals surface area (Å²) in [5, 5.41) is 6.85. The van der Waals surface area contributed by atoms with Crippen LogP contribution in [0.5, 0.6) is 0 Å². The molecular weight excluding hydrogens is 404 g/mol. The number of rotatable bonds is 4. The lowest BCUT2D eigenvalue weighted by Crippen LogP contribution is -2.53. The zero-order valence-corrected chi connectivity index (χ0v) is 15.4. The van der Waals surface area contributed by atoms with Crippen molar-refractivity contribution in [3.63, 3.8) is 0 Å². The molecule has 1 N–H and O–H groups in total. The van der Waals surface area contributed by atoms with Crippen LogP contribution in [0.1, 0.15) is 5.56 Å². The summed E-state index contributed by atoms with van der Waals surface area (Å²) >= 11 is 8.40. The quantitative estimate of drug-likeness (QED) is 0.359. The first-order valence-corrected chi connectivity index (χ1v) is 8.50. The Morgan fingerprint density at radius 3 is 2.68 bits per heavy atom. The van der Waals surface area contributed by atoms with Gasteiger partial charge in [-0.15, -0.1) is 6.58 Å². The van der Waals surface area contributed by atoms with E-state index in [1.807, 2.05) is 24.3 Å². The standard InChI is InChI=1S/C17H13BrN4O2S/c1-2-7-21-16(24)14(15(23)20-17(21)25)8-11-9-19-22(10-11)13-5-3-12(18)4-6-13/h2-6,8-10H,1,7H2,(H,20,23,25). The van der Waals surface area contributed by atoms with Crippen molar-refractivity contribution in [2.24, 2.45) is 0 Å². The molecule has 1 aromatic carbocycles. The van der Waals surface area contributed by atoms with Crippen LogP contribution in [0.2, 0.25) is 0 Å². The van der Waals surface area contributed by atoms with Gasteiger partial charge in [0.05, 0.1) is 11.9 Å². The lowest BCUT2D eigenvalue weighted by atomic mass is 10.1. The van der Waals surface area contributed by atoms with Gasteiger partial charge in [-0.1, -0.05) is 22.0 Å². The van der Waals surface area contributed by atoms with Crippen LogP contribution >= 0.6 is 28.1 Å². The molecule has 1 fully saturated rings. The zero-order chi connectivity index (χ0) is 18.0. The number of aromatic nitrogens is 2. The van der Waals surface area contributed by atoms with E-state index in [4.69, 9.17) is 12.2 Å². The van der Waals surface area contributed by atoms with Crippen LogP contribution in [0.3, 0.4) is 0 Å². The maximum absolute atomic E-state index is 12.5. The second kappa shape index (κ2) is 7.12. The molecule has 0 unspecified atom stereocenters. The van der Waals surface area contributed by atoms with E-state index in [2.05, 4.69) is 32.9 Å². The van der Waals surface area contributed by atoms with Crippen molar-refractivity contribution in [2.75, 3.05) is 6.54 Å². The summed E-state index contributed by atoms with van der Waals surface area (Å²) in [5.74, 6) is -0.975. The molecule has 0 atom stereocenters. The maximum Gasteiger partial charge on any atom is 0.265 e. The Morgan fingerprint density at radius 2 is 2.00 bits per heavy atom. The molecule has 2 aromatic rings. The average Bonchev–Trinajstić information content (AvgIpc) is 3.05. The highest BCUT2D eigenvalue weighted by molar-refractivity contribution is 9.10. The monoisotopic (exact) mass is 416 g/mol. The summed E-state index contributed by atoms with van der Waals surface area (Å²) in [5.41, 5.74) is 1.50. The minimum atomic E-state index is -0.522. The smallest absolute Gasteiger partial charge is 0.265 e. The van der Waals surface area contributed by atoms with Crippen LogP contribution < -0.4 is 5.32 Å². The Kier molecular flexibility index (Phi) is 4.91. The molecule has 1 aliphatic heterocycles. The van der Waals surface area contributed by atoms with Crippen molar-refractivity contribution in [2.45, 2.75) is 0 Å². The summed E-state index contributed by atoms with van der Waals surface area (Å²) in [6, 6.07) is 7.61. The molecule has 25 heavy (non-hydrogen) atoms. The van der Waals surface area contributed by atoms with Crippen molar-refractivity contribution < 1.29 is 9.59 Å². The summed E-state index contributed by atoms with van der Waals surface area (Å²) in [6.07, 6.45) is 6.37. The van der Waals surface area contributed by atoms with Gasteiger partial charge in [-0.3, -0.25) is 19.8 Å². The number of benzene rings is 1. The van der Waals surface area contributed by atoms with Gasteiger partial charge in [-0.05, 0) is 42.6 Å². The SMILES string of the molecule is C=CCN1C(=O)C(=Cc2cnn(-c3ccc(Br)cc3)c2)C(=O)NC1=S. The van der Waals surface area contributed by atoms with Gasteiger partial charge in [0, 0.05) is 22.8 Å². The van der Waals surface area contributed by atoms with Crippen molar-refractivity contribution in [3.8, 4) is 5.69 Å². The average molecular weight is 417 g/mol. The summed E-state index contributed by atoms with van der Waals surface area (Å²) < 4.78 is 2.63. The van der Waals surface area contributed by atoms with Crippen LogP contribution in [-0.4, -0.2) is 38.2 Å². The van der Waals surface area contributed by atoms with E-state index in [9.17, 15) is 9.59 Å². The van der Waals surface area contributed by atoms with Crippen molar-refractivity contribution in [1.82, 2.24) is 20.0 Å². The fourth-order valence-corrected chi connectivity index (χ4v) is 2.82. The summed E-state index contributed by atoms with van der Waals surface area (Å²) in [6.45, 7) is 3.82. The molecule has 8 heteroatoms. The molecular formula is C17H13BrN4O2S. The van der Waals surface area contributed by atoms with Gasteiger partial charge in [-0.25, -0.2) is 4.68 Å². The molecule has 3 rings (SSSR count). The Balaban J connectivity index is 1.90. The van der Waals surface area contributed by atoms with Crippen LogP contribution in [0.25, 0.3) is 11.8 Å². The van der Waals surface area contributed by atoms with E-state index < -0.39 is 11.8 Å². The number of amides is 2. The number of thiocarbonyl (C=S) groups is 1. The van der Waals surface area contributed by atoms with Crippen LogP contribution in [0.15, 0.2) is 59.4 Å². The van der Waals surface area contributed by atoms with Crippen LogP contribution in [-0.2, 0) is 9.59 Å². The number of hydrogen-bond donors (Lipinski definition) is 1. The topological polar surface area (TPSA) is 67.2 Å². The highest BCUT2D eigenvalue weighted by Crippen LogP contribution is 2.17. The number of carbonyl (C=O) groups is 2. The third kappa shape index (κ3) is 3.59. The number of nitrogens with one attached hydrogen (secondary N) is 1. The normalized spacial score (nSPS) is 16.3. The van der Waals surface area contributed by atoms with Crippen molar-refractivity contribution in [1.29, 1.82) is 0 Å². The number of nitrogens with zero attached hydrogens (tertiary/aromatic N) is 3. The fraction of sp³-hybridized carbons (Fsp3) is 0.0588. The Hall–Kier alpha value is -2.58. The van der Waals surface area contributed by atoms with E-state index in [1.165, 1.54) is 11.0 Å². The minimum absolute atomic E-state index is 0.00538. The molecule has 0 radical (unpaired) electrons. The van der Waals surface area contributed by atoms with E-state index in [-0.39, 0.29) is 17.2 Å². The highest BCUT2D eigenvalue weighted by atomic mass is 79.9. The molecule has 2 amide bonds. The minimum Gasteiger partial charge on any atom is -0.298 e. The molecule has 2 heterocycles. The second-order valence-electron chi connectivity index (χ2n) is 5.22. The van der Waals surface area contributed by atoms with Crippen molar-refractivity contribution >= 4 is 51.2 Å². The first-order chi connectivity index (χ1) is 12.0. The Bertz CT molecular complexity index is 902. The first-order valence-electron chi connectivity index (χ1n) is 7.30. The highest BCUT2D eigenvalue weighted by Gasteiger charge is 2.32. The fourth-order valence-electron chi connectivity index (χ4n) is 2.30. The maximum atomic E-state index is 12.5. The lowest BCUT2D eigenvalue weighted by Gasteiger charge is -2.27. The van der Waals surface area contributed by atoms with Crippen LogP contribution in [0, 0.1) is 0 Å². The van der Waals surface area contributed by atoms with Crippen molar-refractivity contribution in [3.05, 3.63) is 64.9 Å². The molecule has 126 valence electrons. The largest absolute Gasteiger partial charge is 0.298 e. The Morgan fingerprint density at radius 1 is 1.28 bits per heavy atom. The Labute approximate surface area is 157 Å². The first kappa shape index (κ1) is 17.2. The zero-order valence-electron chi connectivity index (χ0n) is 13.0. The van der Waals surface area contributed by atoms with Gasteiger partial charge in [0.25, 0.3) is 11.8 Å². The predicted molar refractivity (Wildman–Crippen MR) is 102 cm³/mol. The number of halogens is 1. The number of carbonyl (C=O) groups excluding carboxylic acids is 2. The molecule has 1 saturated heterocycles. The summed E-state index contributed by atoms with van der Waals surface area (Å²) in [7, 11) is 0. The molecule has 1 aliphatic rings. The lowest BCUT2D eigenvalue weighted by molar-refractivity contribution is -0.128. The van der Waals surface area contributed by atoms with Gasteiger partial charge in [0.15, 0.2) is 5.11 Å². The molecule has 0 saturated carbocycles. The predicted octanol–water partition coefficient (Wildman–Crippen LogP) is 2.45.